The zero-order valence-corrected chi connectivity index (χ0v) is 12.4. The van der Waals surface area contributed by atoms with Crippen molar-refractivity contribution >= 4 is 11.9 Å². The number of carbonyl (C=O) groups is 2. The van der Waals surface area contributed by atoms with Crippen molar-refractivity contribution in [1.82, 2.24) is 15.1 Å². The van der Waals surface area contributed by atoms with Gasteiger partial charge in [-0.05, 0) is 24.6 Å². The Kier molecular flexibility index (Phi) is 5.30. The molecule has 1 unspecified atom stereocenters. The van der Waals surface area contributed by atoms with Gasteiger partial charge in [0.15, 0.2) is 0 Å². The number of para-hydroxylation sites is 1. The van der Waals surface area contributed by atoms with Crippen molar-refractivity contribution in [2.75, 3.05) is 6.54 Å². The third-order valence-corrected chi connectivity index (χ3v) is 3.40. The molecular weight excluding hydrogens is 282 g/mol. The van der Waals surface area contributed by atoms with Crippen LogP contribution < -0.4 is 5.32 Å². The van der Waals surface area contributed by atoms with E-state index in [1.807, 2.05) is 13.0 Å². The molecule has 1 amide bonds. The Morgan fingerprint density at radius 2 is 2.09 bits per heavy atom. The van der Waals surface area contributed by atoms with Crippen LogP contribution >= 0.6 is 0 Å². The van der Waals surface area contributed by atoms with E-state index in [9.17, 15) is 9.59 Å². The summed E-state index contributed by atoms with van der Waals surface area (Å²) < 4.78 is 1.61. The average molecular weight is 301 g/mol. The Balaban J connectivity index is 2.12. The third kappa shape index (κ3) is 3.72. The van der Waals surface area contributed by atoms with Gasteiger partial charge in [0.2, 0.25) is 0 Å². The molecular formula is C16H19N3O3. The van der Waals surface area contributed by atoms with Crippen molar-refractivity contribution in [2.45, 2.75) is 19.8 Å². The van der Waals surface area contributed by atoms with Crippen molar-refractivity contribution < 1.29 is 14.7 Å². The number of hydrogen-bond donors (Lipinski definition) is 2. The van der Waals surface area contributed by atoms with E-state index in [2.05, 4.69) is 10.4 Å². The molecule has 0 aliphatic heterocycles. The van der Waals surface area contributed by atoms with E-state index < -0.39 is 11.9 Å². The molecule has 2 N–H and O–H groups in total. The SMILES string of the molecule is CCCC(CNC(=O)c1ccccc1-n1cccn1)C(=O)O. The fraction of sp³-hybridized carbons (Fsp3) is 0.312. The van der Waals surface area contributed by atoms with Gasteiger partial charge in [-0.2, -0.15) is 5.10 Å². The minimum absolute atomic E-state index is 0.120. The summed E-state index contributed by atoms with van der Waals surface area (Å²) in [7, 11) is 0. The van der Waals surface area contributed by atoms with E-state index in [0.29, 0.717) is 17.7 Å². The van der Waals surface area contributed by atoms with Crippen LogP contribution in [0.1, 0.15) is 30.1 Å². The van der Waals surface area contributed by atoms with Crippen LogP contribution in [-0.2, 0) is 4.79 Å². The largest absolute Gasteiger partial charge is 0.481 e. The highest BCUT2D eigenvalue weighted by Crippen LogP contribution is 2.14. The van der Waals surface area contributed by atoms with E-state index >= 15 is 0 Å². The Hall–Kier alpha value is -2.63. The van der Waals surface area contributed by atoms with Crippen molar-refractivity contribution in [3.8, 4) is 5.69 Å². The van der Waals surface area contributed by atoms with E-state index in [1.165, 1.54) is 0 Å². The van der Waals surface area contributed by atoms with E-state index in [4.69, 9.17) is 5.11 Å². The summed E-state index contributed by atoms with van der Waals surface area (Å²) in [4.78, 5) is 23.5. The Morgan fingerprint density at radius 1 is 1.32 bits per heavy atom. The van der Waals surface area contributed by atoms with E-state index in [-0.39, 0.29) is 12.5 Å². The molecule has 2 rings (SSSR count). The molecule has 0 fully saturated rings. The highest BCUT2D eigenvalue weighted by molar-refractivity contribution is 5.97. The number of benzene rings is 1. The summed E-state index contributed by atoms with van der Waals surface area (Å²) in [6, 6.07) is 8.86. The maximum atomic E-state index is 12.3. The second kappa shape index (κ2) is 7.40. The average Bonchev–Trinajstić information content (AvgIpc) is 3.05. The Bertz CT molecular complexity index is 638. The van der Waals surface area contributed by atoms with Gasteiger partial charge in [0, 0.05) is 18.9 Å². The molecule has 0 bridgehead atoms. The molecule has 6 heteroatoms. The zero-order chi connectivity index (χ0) is 15.9. The van der Waals surface area contributed by atoms with E-state index in [0.717, 1.165) is 6.42 Å². The van der Waals surface area contributed by atoms with Gasteiger partial charge >= 0.3 is 5.97 Å². The highest BCUT2D eigenvalue weighted by atomic mass is 16.4. The van der Waals surface area contributed by atoms with Crippen LogP contribution in [0.25, 0.3) is 5.69 Å². The Morgan fingerprint density at radius 3 is 2.73 bits per heavy atom. The summed E-state index contributed by atoms with van der Waals surface area (Å²) in [5.41, 5.74) is 1.12. The summed E-state index contributed by atoms with van der Waals surface area (Å²) in [6.45, 7) is 2.04. The number of aliphatic carboxylic acids is 1. The molecule has 0 aliphatic carbocycles. The van der Waals surface area contributed by atoms with Crippen LogP contribution in [0.4, 0.5) is 0 Å². The first-order chi connectivity index (χ1) is 10.6. The Labute approximate surface area is 128 Å². The molecule has 1 heterocycles. The number of amides is 1. The molecule has 22 heavy (non-hydrogen) atoms. The number of hydrogen-bond acceptors (Lipinski definition) is 3. The molecule has 0 aliphatic rings. The van der Waals surface area contributed by atoms with Gasteiger partial charge in [-0.1, -0.05) is 25.5 Å². The number of aromatic nitrogens is 2. The molecule has 6 nitrogen and oxygen atoms in total. The summed E-state index contributed by atoms with van der Waals surface area (Å²) in [5.74, 6) is -1.75. The van der Waals surface area contributed by atoms with Crippen LogP contribution in [0.15, 0.2) is 42.7 Å². The number of carbonyl (C=O) groups excluding carboxylic acids is 1. The van der Waals surface area contributed by atoms with Crippen LogP contribution in [0, 0.1) is 5.92 Å². The topological polar surface area (TPSA) is 84.2 Å². The van der Waals surface area contributed by atoms with Crippen molar-refractivity contribution in [2.24, 2.45) is 5.92 Å². The van der Waals surface area contributed by atoms with Gasteiger partial charge < -0.3 is 10.4 Å². The lowest BCUT2D eigenvalue weighted by Gasteiger charge is -2.14. The fourth-order valence-electron chi connectivity index (χ4n) is 2.25. The zero-order valence-electron chi connectivity index (χ0n) is 12.4. The summed E-state index contributed by atoms with van der Waals surface area (Å²) in [6.07, 6.45) is 4.69. The minimum atomic E-state index is -0.887. The molecule has 0 saturated heterocycles. The summed E-state index contributed by atoms with van der Waals surface area (Å²) in [5, 5.41) is 16.0. The normalized spacial score (nSPS) is 11.9. The standard InChI is InChI=1S/C16H19N3O3/c1-2-6-12(16(21)22)11-17-15(20)13-7-3-4-8-14(13)19-10-5-9-18-19/h3-5,7-10,12H,2,6,11H2,1H3,(H,17,20)(H,21,22). The number of carboxylic acids is 1. The first kappa shape index (κ1) is 15.8. The quantitative estimate of drug-likeness (QED) is 0.820. The lowest BCUT2D eigenvalue weighted by atomic mass is 10.0. The van der Waals surface area contributed by atoms with Gasteiger partial charge in [0.05, 0.1) is 17.2 Å². The monoisotopic (exact) mass is 301 g/mol. The third-order valence-electron chi connectivity index (χ3n) is 3.40. The van der Waals surface area contributed by atoms with Crippen molar-refractivity contribution in [3.63, 3.8) is 0 Å². The maximum Gasteiger partial charge on any atom is 0.308 e. The second-order valence-corrected chi connectivity index (χ2v) is 5.00. The molecule has 0 saturated carbocycles. The fourth-order valence-corrected chi connectivity index (χ4v) is 2.25. The van der Waals surface area contributed by atoms with E-state index in [1.54, 1.807) is 41.3 Å². The number of carboxylic acid groups (broad SMARTS) is 1. The second-order valence-electron chi connectivity index (χ2n) is 5.00. The van der Waals surface area contributed by atoms with Gasteiger partial charge in [0.1, 0.15) is 0 Å². The van der Waals surface area contributed by atoms with Crippen molar-refractivity contribution in [1.29, 1.82) is 0 Å². The summed E-state index contributed by atoms with van der Waals surface area (Å²) >= 11 is 0. The molecule has 1 aromatic carbocycles. The molecule has 0 radical (unpaired) electrons. The van der Waals surface area contributed by atoms with Gasteiger partial charge in [-0.15, -0.1) is 0 Å². The first-order valence-corrected chi connectivity index (χ1v) is 7.23. The molecule has 116 valence electrons. The van der Waals surface area contributed by atoms with Crippen molar-refractivity contribution in [3.05, 3.63) is 48.3 Å². The molecule has 1 aromatic heterocycles. The number of nitrogens with zero attached hydrogens (tertiary/aromatic N) is 2. The van der Waals surface area contributed by atoms with Gasteiger partial charge in [-0.25, -0.2) is 4.68 Å². The predicted octanol–water partition coefficient (Wildman–Crippen LogP) is 2.10. The van der Waals surface area contributed by atoms with Crippen LogP contribution in [-0.4, -0.2) is 33.3 Å². The smallest absolute Gasteiger partial charge is 0.308 e. The molecule has 0 spiro atoms. The number of nitrogens with one attached hydrogen (secondary N) is 1. The highest BCUT2D eigenvalue weighted by Gasteiger charge is 2.19. The lowest BCUT2D eigenvalue weighted by Crippen LogP contribution is -2.33. The first-order valence-electron chi connectivity index (χ1n) is 7.23. The molecule has 2 aromatic rings. The van der Waals surface area contributed by atoms with Crippen LogP contribution in [0.3, 0.4) is 0 Å². The van der Waals surface area contributed by atoms with Gasteiger partial charge in [-0.3, -0.25) is 9.59 Å². The number of rotatable bonds is 7. The lowest BCUT2D eigenvalue weighted by molar-refractivity contribution is -0.141. The predicted molar refractivity (Wildman–Crippen MR) is 81.9 cm³/mol. The van der Waals surface area contributed by atoms with Crippen LogP contribution in [0.5, 0.6) is 0 Å². The van der Waals surface area contributed by atoms with Crippen LogP contribution in [0.2, 0.25) is 0 Å². The van der Waals surface area contributed by atoms with Gasteiger partial charge in [0.25, 0.3) is 5.91 Å². The maximum absolute atomic E-state index is 12.3. The molecule has 1 atom stereocenters. The minimum Gasteiger partial charge on any atom is -0.481 e.